The Morgan fingerprint density at radius 2 is 0.826 bits per heavy atom. The topological polar surface area (TPSA) is 489 Å². The Morgan fingerprint density at radius 3 is 1.24 bits per heavy atom. The number of hydrogen-bond donors (Lipinski definition) is 17. The number of aliphatic carboxylic acids is 2. The molecule has 1 aliphatic carbocycles. The standard InChI is InChI=1S/C87H102N14O20/c1-52-23-26-58-69(47-52)121-70-49-56(102)25-28-59(70)73(58)57-27-24-53(48-68(57)87(119)120)78(110)89-30-5-3-12-55-51-101-42-36-95-82(114)63-16-7-14-61(75(63)107)80(112)91-32-38-99(40-34-93-84(116)65-18-9-20-67(77(65)109)86(118)97-55)44-43-98-37-31-90-79(111)60-13-6-15-62(74(60)106)81(113)94-35-41-100(45-46-101)50-54(11-2-4-29-88-71(103)21-10-22-72(104)105)96-85(117)66-19-8-17-64(76(66)108)83(115)92-33-39-98/h6-9,13-20,23-28,47-49,54-55,57,68,102,106-109H,1-5,10-12,21-22,29-46,50-51H2,(H,88,103)(H,89,110)(H,90,111)(H,91,112)(H,92,115)(H,93,116)(H,94,113)(H,95,114)(H,96,117)(H,97,118)(H,104,105)(H,119,120). The molecular weight excluding hydrogens is 1560 g/mol. The zero-order valence-electron chi connectivity index (χ0n) is 66.9. The van der Waals surface area contributed by atoms with Crippen molar-refractivity contribution >= 4 is 83.2 Å². The van der Waals surface area contributed by atoms with E-state index in [1.807, 2.05) is 19.6 Å². The normalized spacial score (nSPS) is 21.3. The third kappa shape index (κ3) is 23.9. The van der Waals surface area contributed by atoms with Crippen molar-refractivity contribution in [1.29, 1.82) is 0 Å². The predicted octanol–water partition coefficient (Wildman–Crippen LogP) is 2.20. The lowest BCUT2D eigenvalue weighted by Crippen LogP contribution is -2.50. The molecule has 5 heterocycles. The molecule has 640 valence electrons. The maximum absolute atomic E-state index is 15.0. The molecule has 121 heavy (non-hydrogen) atoms. The molecule has 10 amide bonds. The van der Waals surface area contributed by atoms with Crippen molar-refractivity contribution < 1.29 is 98.0 Å². The number of carboxylic acid groups (broad SMARTS) is 2. The molecule has 0 saturated heterocycles. The summed E-state index contributed by atoms with van der Waals surface area (Å²) in [5.74, 6) is -13.1. The molecule has 6 aliphatic rings. The molecule has 6 aromatic rings. The summed E-state index contributed by atoms with van der Waals surface area (Å²) in [6, 6.07) is 24.6. The van der Waals surface area contributed by atoms with Crippen LogP contribution in [0.15, 0.2) is 133 Å². The molecule has 17 N–H and O–H groups in total. The Morgan fingerprint density at radius 1 is 0.430 bits per heavy atom. The van der Waals surface area contributed by atoms with Crippen LogP contribution >= 0.6 is 0 Å². The number of carbonyl (C=O) groups excluding carboxylic acids is 10. The van der Waals surface area contributed by atoms with Crippen LogP contribution in [0, 0.1) is 11.8 Å². The molecule has 8 unspecified atom stereocenters. The number of benzene rings is 6. The number of carboxylic acids is 2. The summed E-state index contributed by atoms with van der Waals surface area (Å²) in [5.41, 5.74) is -0.684. The van der Waals surface area contributed by atoms with Gasteiger partial charge in [0.2, 0.25) is 5.91 Å². The number of nitrogens with one attached hydrogen (secondary N) is 10. The van der Waals surface area contributed by atoms with E-state index in [2.05, 4.69) is 59.7 Å². The van der Waals surface area contributed by atoms with Gasteiger partial charge in [0.1, 0.15) is 40.2 Å². The molecule has 5 aliphatic heterocycles. The summed E-state index contributed by atoms with van der Waals surface area (Å²) in [7, 11) is 0. The van der Waals surface area contributed by atoms with E-state index in [9.17, 15) is 83.4 Å². The number of carbonyl (C=O) groups is 12. The molecule has 34 nitrogen and oxygen atoms in total. The Kier molecular flexibility index (Phi) is 31.1. The van der Waals surface area contributed by atoms with Crippen LogP contribution in [0.5, 0.6) is 40.2 Å². The van der Waals surface area contributed by atoms with E-state index in [0.717, 1.165) is 0 Å². The number of aromatic hydroxyl groups is 5. The van der Waals surface area contributed by atoms with Crippen molar-refractivity contribution in [3.63, 3.8) is 0 Å². The van der Waals surface area contributed by atoms with Crippen LogP contribution in [0.4, 0.5) is 0 Å². The number of allylic oxidation sites excluding steroid dienone is 1. The zero-order chi connectivity index (χ0) is 86.2. The molecule has 6 aromatic carbocycles. The number of para-hydroxylation sites is 4. The van der Waals surface area contributed by atoms with Crippen molar-refractivity contribution in [2.45, 2.75) is 69.9 Å². The number of rotatable bonds is 17. The summed E-state index contributed by atoms with van der Waals surface area (Å²) in [6.07, 6.45) is 6.12. The van der Waals surface area contributed by atoms with Gasteiger partial charge < -0.3 is 93.7 Å². The van der Waals surface area contributed by atoms with E-state index < -0.39 is 112 Å². The summed E-state index contributed by atoms with van der Waals surface area (Å²) in [5, 5.41) is 108. The van der Waals surface area contributed by atoms with Crippen molar-refractivity contribution in [2.75, 3.05) is 131 Å². The predicted molar refractivity (Wildman–Crippen MR) is 444 cm³/mol. The van der Waals surface area contributed by atoms with Crippen LogP contribution in [0.1, 0.15) is 146 Å². The van der Waals surface area contributed by atoms with E-state index in [-0.39, 0.29) is 238 Å². The average Bonchev–Trinajstić information content (AvgIpc) is 0.742. The van der Waals surface area contributed by atoms with E-state index in [4.69, 9.17) is 9.84 Å². The Bertz CT molecular complexity index is 5090. The fraction of sp³-hybridized carbons (Fsp3) is 0.379. The quantitative estimate of drug-likeness (QED) is 0.0582. The van der Waals surface area contributed by atoms with E-state index in [0.29, 0.717) is 45.9 Å². The number of amides is 10. The van der Waals surface area contributed by atoms with Crippen LogP contribution in [-0.4, -0.2) is 269 Å². The highest BCUT2D eigenvalue weighted by Gasteiger charge is 2.37. The number of phenols is 5. The van der Waals surface area contributed by atoms with Gasteiger partial charge >= 0.3 is 11.9 Å². The number of phenolic OH excluding ortho intramolecular Hbond substituents is 5. The first kappa shape index (κ1) is 88.6. The third-order valence-electron chi connectivity index (χ3n) is 21.8. The minimum absolute atomic E-state index is 0.00434. The number of fused-ring (bicyclic) bond motifs is 18. The fourth-order valence-corrected chi connectivity index (χ4v) is 15.3. The highest BCUT2D eigenvalue weighted by Crippen LogP contribution is 2.43. The molecule has 8 atom stereocenters. The first-order valence-corrected chi connectivity index (χ1v) is 40.5. The maximum Gasteiger partial charge on any atom is 0.311 e. The van der Waals surface area contributed by atoms with Gasteiger partial charge in [-0.3, -0.25) is 77.1 Å². The van der Waals surface area contributed by atoms with Crippen LogP contribution < -0.4 is 68.3 Å². The van der Waals surface area contributed by atoms with Gasteiger partial charge in [0.05, 0.1) is 50.4 Å². The van der Waals surface area contributed by atoms with Gasteiger partial charge in [0.15, 0.2) is 0 Å². The summed E-state index contributed by atoms with van der Waals surface area (Å²) >= 11 is 0. The Labute approximate surface area is 697 Å². The molecule has 0 fully saturated rings. The second-order valence-corrected chi connectivity index (χ2v) is 30.2. The fourth-order valence-electron chi connectivity index (χ4n) is 15.3. The SMILES string of the molecule is C=c1ccc2c(c1)Oc1cc(O)ccc1C=2C1C=CC(C(=O)NCCCCC2CN3CCNC(=O)c4cccc(c4O)C(=O)NCCN(CCNC(=O)c4cccc(c4O)C(=O)N2)CCN2CCNC(=O)c4cccc(c4O)C(=O)NCCN(CC3)CC(CCCCNC(=O)CCCC(=O)O)NC(=O)c3cccc(c3O)C(=O)NCC2)=CC1C(=O)O. The minimum atomic E-state index is -1.24. The first-order chi connectivity index (χ1) is 58.3. The maximum atomic E-state index is 15.0. The van der Waals surface area contributed by atoms with Gasteiger partial charge in [-0.05, 0) is 122 Å². The van der Waals surface area contributed by atoms with Crippen LogP contribution in [0.25, 0.3) is 12.2 Å². The zero-order valence-corrected chi connectivity index (χ0v) is 66.9. The van der Waals surface area contributed by atoms with Gasteiger partial charge in [-0.15, -0.1) is 0 Å². The van der Waals surface area contributed by atoms with E-state index in [1.165, 1.54) is 91.0 Å². The number of nitrogens with zero attached hydrogens (tertiary/aromatic N) is 4. The van der Waals surface area contributed by atoms with Crippen molar-refractivity contribution in [3.8, 4) is 40.2 Å². The molecule has 12 bridgehead atoms. The average molecular weight is 1660 g/mol. The Balaban J connectivity index is 0.947. The molecule has 0 radical (unpaired) electrons. The van der Waals surface area contributed by atoms with Gasteiger partial charge in [-0.1, -0.05) is 61.2 Å². The number of hydrogen-bond acceptors (Lipinski definition) is 22. The number of unbranched alkanes of at least 4 members (excludes halogenated alkanes) is 2. The summed E-state index contributed by atoms with van der Waals surface area (Å²) in [6.45, 7) is 4.45. The molecule has 0 aromatic heterocycles. The Hall–Kier alpha value is -13.2. The smallest absolute Gasteiger partial charge is 0.311 e. The van der Waals surface area contributed by atoms with Gasteiger partial charge in [-0.2, -0.15) is 0 Å². The molecular formula is C87H102N14O20. The third-order valence-corrected chi connectivity index (χ3v) is 21.8. The lowest BCUT2D eigenvalue weighted by molar-refractivity contribution is -0.141. The second-order valence-electron chi connectivity index (χ2n) is 30.2. The van der Waals surface area contributed by atoms with Crippen molar-refractivity contribution in [1.82, 2.24) is 72.8 Å². The van der Waals surface area contributed by atoms with Crippen LogP contribution in [0.3, 0.4) is 0 Å². The number of ether oxygens (including phenoxy) is 1. The highest BCUT2D eigenvalue weighted by molar-refractivity contribution is 6.07. The monoisotopic (exact) mass is 1660 g/mol. The summed E-state index contributed by atoms with van der Waals surface area (Å²) < 4.78 is 6.17. The minimum Gasteiger partial charge on any atom is -0.508 e. The summed E-state index contributed by atoms with van der Waals surface area (Å²) in [4.78, 5) is 174. The largest absolute Gasteiger partial charge is 0.508 e. The molecule has 34 heteroatoms. The molecule has 12 rings (SSSR count). The van der Waals surface area contributed by atoms with Crippen molar-refractivity contribution in [3.05, 3.63) is 194 Å². The lowest BCUT2D eigenvalue weighted by Gasteiger charge is -2.33. The van der Waals surface area contributed by atoms with E-state index >= 15 is 4.79 Å². The van der Waals surface area contributed by atoms with Gasteiger partial charge in [-0.25, -0.2) is 0 Å². The second kappa shape index (κ2) is 42.5. The van der Waals surface area contributed by atoms with Crippen LogP contribution in [-0.2, 0) is 19.2 Å². The van der Waals surface area contributed by atoms with Gasteiger partial charge in [0, 0.05) is 184 Å². The first-order valence-electron chi connectivity index (χ1n) is 40.5. The molecule has 0 spiro atoms. The van der Waals surface area contributed by atoms with E-state index in [1.54, 1.807) is 36.4 Å². The molecule has 0 saturated carbocycles. The highest BCUT2D eigenvalue weighted by atomic mass is 16.5. The van der Waals surface area contributed by atoms with Crippen molar-refractivity contribution in [2.24, 2.45) is 11.8 Å². The van der Waals surface area contributed by atoms with Gasteiger partial charge in [0.25, 0.3) is 53.2 Å². The van der Waals surface area contributed by atoms with Crippen LogP contribution in [0.2, 0.25) is 0 Å². The lowest BCUT2D eigenvalue weighted by atomic mass is 9.76.